The molecule has 6 atom stereocenters. The summed E-state index contributed by atoms with van der Waals surface area (Å²) in [5.74, 6) is -1.02. The van der Waals surface area contributed by atoms with Gasteiger partial charge in [-0.1, -0.05) is 25.3 Å². The molecule has 2 saturated carbocycles. The minimum atomic E-state index is -4.06. The molecule has 0 spiro atoms. The van der Waals surface area contributed by atoms with Crippen molar-refractivity contribution in [3.05, 3.63) is 52.5 Å². The first-order valence-corrected chi connectivity index (χ1v) is 19.8. The van der Waals surface area contributed by atoms with E-state index in [9.17, 15) is 22.8 Å². The molecule has 1 aromatic carbocycles. The zero-order chi connectivity index (χ0) is 36.4. The summed E-state index contributed by atoms with van der Waals surface area (Å²) in [5.41, 5.74) is 5.12. The Morgan fingerprint density at radius 2 is 1.67 bits per heavy atom. The number of H-pyrrole nitrogens is 1. The lowest BCUT2D eigenvalue weighted by Crippen LogP contribution is -2.52. The van der Waals surface area contributed by atoms with Gasteiger partial charge < -0.3 is 23.9 Å². The van der Waals surface area contributed by atoms with Gasteiger partial charge in [0.25, 0.3) is 5.91 Å². The topological polar surface area (TPSA) is 143 Å². The molecule has 2 aliphatic carbocycles. The minimum absolute atomic E-state index is 0.00297. The third kappa shape index (κ3) is 6.39. The van der Waals surface area contributed by atoms with Crippen LogP contribution in [0.2, 0.25) is 0 Å². The van der Waals surface area contributed by atoms with E-state index in [0.29, 0.717) is 44.0 Å². The Balaban J connectivity index is 1.40. The minimum Gasteiger partial charge on any atom is -0.496 e. The van der Waals surface area contributed by atoms with Gasteiger partial charge in [-0.05, 0) is 81.5 Å². The molecule has 276 valence electrons. The summed E-state index contributed by atoms with van der Waals surface area (Å²) >= 11 is 0. The second-order valence-corrected chi connectivity index (χ2v) is 17.3. The van der Waals surface area contributed by atoms with Crippen molar-refractivity contribution in [1.29, 1.82) is 0 Å². The number of carbonyl (C=O) groups excluding carboxylic acids is 3. The van der Waals surface area contributed by atoms with Crippen LogP contribution in [0.4, 0.5) is 0 Å². The number of nitrogens with zero attached hydrogens (tertiary/aromatic N) is 3. The fraction of sp³-hybridized carbons (Fsp3) is 0.605. The van der Waals surface area contributed by atoms with Gasteiger partial charge in [0.15, 0.2) is 0 Å². The molecule has 13 heteroatoms. The number of rotatable bonds is 7. The van der Waals surface area contributed by atoms with Crippen LogP contribution in [0.5, 0.6) is 5.75 Å². The van der Waals surface area contributed by atoms with E-state index >= 15 is 0 Å². The SMILES string of the molecule is COc1ccc(C2CCCCC2)c2c1cc1n2Cc2c(c[nH]c2C(=O)NS(=O)(=O)N(C)C)C2C[C@@H](C(=O)N3C[C@@H](C)O[C@@H](C)C3)C(C(C)=O)C[C@@H]12. The van der Waals surface area contributed by atoms with E-state index < -0.39 is 28.0 Å². The Hall–Kier alpha value is -3.68. The number of Topliss-reactive ketones (excluding diaryl/α,β-unsaturated/α-hetero) is 1. The number of aromatic amines is 1. The number of amides is 2. The Bertz CT molecular complexity index is 1950. The number of aromatic nitrogens is 2. The Labute approximate surface area is 300 Å². The molecule has 0 radical (unpaired) electrons. The second-order valence-electron chi connectivity index (χ2n) is 15.4. The molecule has 12 nitrogen and oxygen atoms in total. The first-order valence-electron chi connectivity index (χ1n) is 18.4. The maximum Gasteiger partial charge on any atom is 0.303 e. The van der Waals surface area contributed by atoms with E-state index in [-0.39, 0.29) is 41.4 Å². The quantitative estimate of drug-likeness (QED) is 0.348. The molecule has 3 fully saturated rings. The number of nitrogens with one attached hydrogen (secondary N) is 2. The van der Waals surface area contributed by atoms with Gasteiger partial charge in [-0.25, -0.2) is 4.72 Å². The fourth-order valence-electron chi connectivity index (χ4n) is 9.58. The fourth-order valence-corrected chi connectivity index (χ4v) is 10.1. The highest BCUT2D eigenvalue weighted by molar-refractivity contribution is 7.87. The molecule has 0 bridgehead atoms. The summed E-state index contributed by atoms with van der Waals surface area (Å²) in [6.07, 6.45) is 8.23. The molecule has 7 rings (SSSR count). The number of ketones is 1. The van der Waals surface area contributed by atoms with Crippen LogP contribution >= 0.6 is 0 Å². The maximum atomic E-state index is 14.4. The van der Waals surface area contributed by atoms with Crippen molar-refractivity contribution in [2.75, 3.05) is 34.3 Å². The van der Waals surface area contributed by atoms with Crippen molar-refractivity contribution >= 4 is 38.7 Å². The number of fused-ring (bicyclic) bond motifs is 7. The Kier molecular flexibility index (Phi) is 9.60. The molecule has 1 saturated heterocycles. The predicted molar refractivity (Wildman–Crippen MR) is 193 cm³/mol. The molecular formula is C38H51N5O7S. The van der Waals surface area contributed by atoms with Crippen molar-refractivity contribution in [2.45, 2.75) is 102 Å². The van der Waals surface area contributed by atoms with Crippen LogP contribution in [-0.4, -0.2) is 91.3 Å². The highest BCUT2D eigenvalue weighted by atomic mass is 32.2. The molecule has 3 aromatic rings. The van der Waals surface area contributed by atoms with E-state index in [1.807, 2.05) is 24.9 Å². The monoisotopic (exact) mass is 721 g/mol. The molecule has 2 unspecified atom stereocenters. The number of morpholine rings is 1. The van der Waals surface area contributed by atoms with Crippen molar-refractivity contribution in [2.24, 2.45) is 11.8 Å². The van der Waals surface area contributed by atoms with E-state index in [0.717, 1.165) is 45.1 Å². The van der Waals surface area contributed by atoms with Crippen molar-refractivity contribution in [3.8, 4) is 5.75 Å². The zero-order valence-corrected chi connectivity index (χ0v) is 31.3. The predicted octanol–water partition coefficient (Wildman–Crippen LogP) is 5.04. The van der Waals surface area contributed by atoms with Crippen LogP contribution in [0, 0.1) is 11.8 Å². The number of carbonyl (C=O) groups is 3. The molecule has 2 aromatic heterocycles. The van der Waals surface area contributed by atoms with Gasteiger partial charge in [-0.3, -0.25) is 14.4 Å². The van der Waals surface area contributed by atoms with Gasteiger partial charge in [-0.2, -0.15) is 12.7 Å². The summed E-state index contributed by atoms with van der Waals surface area (Å²) in [6.45, 7) is 6.79. The van der Waals surface area contributed by atoms with Crippen LogP contribution in [0.25, 0.3) is 10.9 Å². The summed E-state index contributed by atoms with van der Waals surface area (Å²) in [4.78, 5) is 46.7. The molecule has 2 aliphatic heterocycles. The third-order valence-electron chi connectivity index (χ3n) is 12.0. The van der Waals surface area contributed by atoms with Gasteiger partial charge in [0.05, 0.1) is 31.4 Å². The largest absolute Gasteiger partial charge is 0.496 e. The van der Waals surface area contributed by atoms with Crippen molar-refractivity contribution < 1.29 is 32.3 Å². The number of methoxy groups -OCH3 is 1. The normalized spacial score (nSPS) is 27.0. The molecule has 2 N–H and O–H groups in total. The van der Waals surface area contributed by atoms with Gasteiger partial charge in [0.2, 0.25) is 5.91 Å². The first-order chi connectivity index (χ1) is 24.3. The summed E-state index contributed by atoms with van der Waals surface area (Å²) < 4.78 is 43.0. The van der Waals surface area contributed by atoms with Crippen LogP contribution in [0.15, 0.2) is 24.4 Å². The van der Waals surface area contributed by atoms with Gasteiger partial charge in [-0.15, -0.1) is 0 Å². The van der Waals surface area contributed by atoms with Crippen molar-refractivity contribution in [3.63, 3.8) is 0 Å². The van der Waals surface area contributed by atoms with Crippen LogP contribution in [0.1, 0.15) is 116 Å². The highest BCUT2D eigenvalue weighted by Crippen LogP contribution is 2.54. The summed E-state index contributed by atoms with van der Waals surface area (Å²) in [7, 11) is 0.351. The van der Waals surface area contributed by atoms with Gasteiger partial charge >= 0.3 is 10.2 Å². The lowest BCUT2D eigenvalue weighted by molar-refractivity contribution is -0.153. The lowest BCUT2D eigenvalue weighted by atomic mass is 9.64. The standard InChI is InChI=1S/C38H51N5O7S/c1-21-18-42(19-22(2)50-21)38(46)29-15-27-28(14-26(29)23(3)44)33-16-30-34(49-6)13-12-25(24-10-8-7-9-11-24)36(30)43(33)20-32-31(27)17-39-35(32)37(45)40-51(47,48)41(4)5/h12-13,16-17,21-22,24,26-29,39H,7-11,14-15,18-20H2,1-6H3,(H,40,45)/t21-,22+,26?,27?,28-,29-/m1/s1. The molecule has 4 heterocycles. The Morgan fingerprint density at radius 1 is 0.980 bits per heavy atom. The summed E-state index contributed by atoms with van der Waals surface area (Å²) in [5, 5.41) is 0.989. The van der Waals surface area contributed by atoms with Gasteiger partial charge in [0, 0.05) is 67.8 Å². The first kappa shape index (κ1) is 35.7. The molecule has 4 aliphatic rings. The van der Waals surface area contributed by atoms with Crippen LogP contribution in [0.3, 0.4) is 0 Å². The maximum absolute atomic E-state index is 14.4. The number of hydrogen-bond donors (Lipinski definition) is 2. The highest BCUT2D eigenvalue weighted by Gasteiger charge is 2.48. The zero-order valence-electron chi connectivity index (χ0n) is 30.5. The number of hydrogen-bond acceptors (Lipinski definition) is 7. The van der Waals surface area contributed by atoms with E-state index in [1.54, 1.807) is 14.0 Å². The van der Waals surface area contributed by atoms with Crippen molar-refractivity contribution in [1.82, 2.24) is 23.5 Å². The smallest absolute Gasteiger partial charge is 0.303 e. The van der Waals surface area contributed by atoms with Gasteiger partial charge in [0.1, 0.15) is 17.2 Å². The third-order valence-corrected chi connectivity index (χ3v) is 13.4. The number of ether oxygens (including phenoxy) is 2. The van der Waals surface area contributed by atoms with Crippen LogP contribution < -0.4 is 9.46 Å². The van der Waals surface area contributed by atoms with E-state index in [2.05, 4.69) is 32.5 Å². The summed E-state index contributed by atoms with van der Waals surface area (Å²) in [6, 6.07) is 6.43. The average molecular weight is 722 g/mol. The second kappa shape index (κ2) is 13.7. The van der Waals surface area contributed by atoms with E-state index in [4.69, 9.17) is 9.47 Å². The molecule has 51 heavy (non-hydrogen) atoms. The number of benzene rings is 1. The Morgan fingerprint density at radius 3 is 2.31 bits per heavy atom. The lowest BCUT2D eigenvalue weighted by Gasteiger charge is -2.43. The average Bonchev–Trinajstić information content (AvgIpc) is 3.66. The van der Waals surface area contributed by atoms with E-state index in [1.165, 1.54) is 38.9 Å². The van der Waals surface area contributed by atoms with Crippen LogP contribution in [-0.2, 0) is 31.1 Å². The molecule has 2 amide bonds. The molecular weight excluding hydrogens is 671 g/mol.